The molecule has 0 radical (unpaired) electrons. The minimum absolute atomic E-state index is 0.223. The van der Waals surface area contributed by atoms with Gasteiger partial charge in [-0.05, 0) is 33.4 Å². The van der Waals surface area contributed by atoms with Crippen LogP contribution in [-0.2, 0) is 4.79 Å². The summed E-state index contributed by atoms with van der Waals surface area (Å²) >= 11 is 0. The van der Waals surface area contributed by atoms with Crippen molar-refractivity contribution in [1.82, 2.24) is 20.9 Å². The highest BCUT2D eigenvalue weighted by atomic mass is 16.2. The molecule has 19 heavy (non-hydrogen) atoms. The number of carbonyl (C=O) groups excluding carboxylic acids is 2. The van der Waals surface area contributed by atoms with Crippen molar-refractivity contribution >= 4 is 11.9 Å². The molecule has 0 aliphatic carbocycles. The molecule has 6 heteroatoms. The highest BCUT2D eigenvalue weighted by Gasteiger charge is 2.20. The van der Waals surface area contributed by atoms with Crippen LogP contribution in [0.5, 0.6) is 0 Å². The molecule has 0 saturated carbocycles. The second-order valence-electron chi connectivity index (χ2n) is 5.55. The number of carbonyl (C=O) groups is 2. The van der Waals surface area contributed by atoms with Crippen LogP contribution in [0.3, 0.4) is 0 Å². The fourth-order valence-corrected chi connectivity index (χ4v) is 1.92. The van der Waals surface area contributed by atoms with Crippen LogP contribution in [0.15, 0.2) is 0 Å². The summed E-state index contributed by atoms with van der Waals surface area (Å²) in [5.41, 5.74) is 0. The van der Waals surface area contributed by atoms with Gasteiger partial charge in [0.1, 0.15) is 0 Å². The van der Waals surface area contributed by atoms with E-state index in [-0.39, 0.29) is 11.9 Å². The minimum Gasteiger partial charge on any atom is -0.341 e. The Labute approximate surface area is 116 Å². The molecule has 0 aliphatic heterocycles. The molecule has 0 heterocycles. The van der Waals surface area contributed by atoms with Crippen LogP contribution in [0, 0.1) is 5.92 Å². The zero-order valence-electron chi connectivity index (χ0n) is 12.9. The van der Waals surface area contributed by atoms with Crippen molar-refractivity contribution in [1.29, 1.82) is 0 Å². The van der Waals surface area contributed by atoms with E-state index in [0.29, 0.717) is 5.92 Å². The molecule has 0 rings (SSSR count). The Kier molecular flexibility index (Phi) is 8.34. The molecule has 0 bridgehead atoms. The van der Waals surface area contributed by atoms with Crippen molar-refractivity contribution in [3.63, 3.8) is 0 Å². The Bertz CT molecular complexity index is 282. The molecule has 0 fully saturated rings. The molecular weight excluding hydrogens is 244 g/mol. The number of imide groups is 1. The molecule has 0 aliphatic rings. The van der Waals surface area contributed by atoms with Crippen LogP contribution in [0.25, 0.3) is 0 Å². The van der Waals surface area contributed by atoms with Gasteiger partial charge in [-0.3, -0.25) is 10.1 Å². The Morgan fingerprint density at radius 2 is 1.74 bits per heavy atom. The largest absolute Gasteiger partial charge is 0.341 e. The zero-order chi connectivity index (χ0) is 15.0. The summed E-state index contributed by atoms with van der Waals surface area (Å²) in [5.74, 6) is 0.235. The number of hydrogen-bond donors (Lipinski definition) is 3. The van der Waals surface area contributed by atoms with Gasteiger partial charge in [-0.1, -0.05) is 13.8 Å². The molecule has 0 aromatic heterocycles. The predicted molar refractivity (Wildman–Crippen MR) is 77.0 cm³/mol. The van der Waals surface area contributed by atoms with Gasteiger partial charge < -0.3 is 15.5 Å². The van der Waals surface area contributed by atoms with Gasteiger partial charge in [0.25, 0.3) is 0 Å². The second-order valence-corrected chi connectivity index (χ2v) is 5.55. The van der Waals surface area contributed by atoms with Crippen LogP contribution < -0.4 is 16.0 Å². The average Bonchev–Trinajstić information content (AvgIpc) is 2.26. The first kappa shape index (κ1) is 17.9. The number of nitrogens with zero attached hydrogens (tertiary/aromatic N) is 1. The maximum atomic E-state index is 11.8. The fraction of sp³-hybridized carbons (Fsp3) is 0.846. The Balaban J connectivity index is 4.39. The topological polar surface area (TPSA) is 73.5 Å². The lowest BCUT2D eigenvalue weighted by Gasteiger charge is -2.26. The van der Waals surface area contributed by atoms with E-state index < -0.39 is 12.1 Å². The molecule has 0 saturated heterocycles. The molecule has 6 nitrogen and oxygen atoms in total. The van der Waals surface area contributed by atoms with Crippen LogP contribution in [0.2, 0.25) is 0 Å². The smallest absolute Gasteiger partial charge is 0.321 e. The van der Waals surface area contributed by atoms with Crippen LogP contribution in [-0.4, -0.2) is 56.6 Å². The first-order valence-electron chi connectivity index (χ1n) is 6.69. The average molecular weight is 272 g/mol. The molecule has 112 valence electrons. The summed E-state index contributed by atoms with van der Waals surface area (Å²) in [6, 6.07) is -0.659. The summed E-state index contributed by atoms with van der Waals surface area (Å²) in [7, 11) is 5.49. The Morgan fingerprint density at radius 1 is 1.16 bits per heavy atom. The lowest BCUT2D eigenvalue weighted by Crippen LogP contribution is -2.52. The third-order valence-electron chi connectivity index (χ3n) is 2.68. The normalized spacial score (nSPS) is 14.3. The van der Waals surface area contributed by atoms with Crippen molar-refractivity contribution < 1.29 is 9.59 Å². The number of likely N-dealkylation sites (N-methyl/N-ethyl adjacent to an activating group) is 1. The summed E-state index contributed by atoms with van der Waals surface area (Å²) < 4.78 is 0. The molecule has 2 atom stereocenters. The van der Waals surface area contributed by atoms with E-state index >= 15 is 0 Å². The highest BCUT2D eigenvalue weighted by Crippen LogP contribution is 2.06. The third-order valence-corrected chi connectivity index (χ3v) is 2.68. The summed E-state index contributed by atoms with van der Waals surface area (Å²) in [6.45, 7) is 6.93. The minimum atomic E-state index is -0.480. The summed E-state index contributed by atoms with van der Waals surface area (Å²) in [6.07, 6.45) is 0.982. The first-order valence-corrected chi connectivity index (χ1v) is 6.69. The number of amides is 3. The van der Waals surface area contributed by atoms with E-state index in [1.54, 1.807) is 6.92 Å². The third kappa shape index (κ3) is 8.56. The molecule has 0 aromatic carbocycles. The fourth-order valence-electron chi connectivity index (χ4n) is 1.92. The number of hydrogen-bond acceptors (Lipinski definition) is 4. The quantitative estimate of drug-likeness (QED) is 0.627. The Morgan fingerprint density at radius 3 is 2.16 bits per heavy atom. The number of urea groups is 1. The van der Waals surface area contributed by atoms with Crippen molar-refractivity contribution in [3.05, 3.63) is 0 Å². The predicted octanol–water partition coefficient (Wildman–Crippen LogP) is 0.396. The van der Waals surface area contributed by atoms with Gasteiger partial charge in [-0.15, -0.1) is 0 Å². The summed E-state index contributed by atoms with van der Waals surface area (Å²) in [5, 5.41) is 7.91. The van der Waals surface area contributed by atoms with Crippen LogP contribution in [0.4, 0.5) is 4.79 Å². The maximum Gasteiger partial charge on any atom is 0.321 e. The lowest BCUT2D eigenvalue weighted by atomic mass is 10.0. The van der Waals surface area contributed by atoms with Gasteiger partial charge in [-0.25, -0.2) is 4.79 Å². The lowest BCUT2D eigenvalue weighted by molar-refractivity contribution is -0.121. The van der Waals surface area contributed by atoms with Crippen molar-refractivity contribution in [2.45, 2.75) is 39.3 Å². The van der Waals surface area contributed by atoms with Gasteiger partial charge in [0.2, 0.25) is 5.91 Å². The molecular formula is C13H28N4O2. The SMILES string of the molecule is CNC(=O)NC(=O)C(C)NC(CC(C)C)CN(C)C. The standard InChI is InChI=1S/C13H28N4O2/c1-9(2)7-11(8-17(5)6)15-10(3)12(18)16-13(19)14-4/h9-11,15H,7-8H2,1-6H3,(H2,14,16,18,19). The van der Waals surface area contributed by atoms with Gasteiger partial charge >= 0.3 is 6.03 Å². The van der Waals surface area contributed by atoms with E-state index in [1.165, 1.54) is 7.05 Å². The van der Waals surface area contributed by atoms with E-state index in [9.17, 15) is 9.59 Å². The van der Waals surface area contributed by atoms with E-state index in [4.69, 9.17) is 0 Å². The zero-order valence-corrected chi connectivity index (χ0v) is 12.9. The van der Waals surface area contributed by atoms with Crippen LogP contribution in [0.1, 0.15) is 27.2 Å². The molecule has 3 N–H and O–H groups in total. The van der Waals surface area contributed by atoms with Crippen molar-refractivity contribution in [3.8, 4) is 0 Å². The number of rotatable bonds is 7. The van der Waals surface area contributed by atoms with Gasteiger partial charge in [0.05, 0.1) is 6.04 Å². The van der Waals surface area contributed by atoms with Gasteiger partial charge in [-0.2, -0.15) is 0 Å². The second kappa shape index (κ2) is 8.87. The highest BCUT2D eigenvalue weighted by molar-refractivity contribution is 5.96. The molecule has 3 amide bonds. The molecule has 0 aromatic rings. The van der Waals surface area contributed by atoms with Crippen molar-refractivity contribution in [2.75, 3.05) is 27.7 Å². The maximum absolute atomic E-state index is 11.8. The van der Waals surface area contributed by atoms with Crippen LogP contribution >= 0.6 is 0 Å². The first-order chi connectivity index (χ1) is 8.76. The van der Waals surface area contributed by atoms with E-state index in [0.717, 1.165) is 13.0 Å². The Hall–Kier alpha value is -1.14. The summed E-state index contributed by atoms with van der Waals surface area (Å²) in [4.78, 5) is 24.9. The monoisotopic (exact) mass is 272 g/mol. The molecule has 0 spiro atoms. The number of nitrogens with one attached hydrogen (secondary N) is 3. The van der Waals surface area contributed by atoms with E-state index in [2.05, 4.69) is 34.7 Å². The van der Waals surface area contributed by atoms with Crippen molar-refractivity contribution in [2.24, 2.45) is 5.92 Å². The van der Waals surface area contributed by atoms with E-state index in [1.807, 2.05) is 14.1 Å². The van der Waals surface area contributed by atoms with Gasteiger partial charge in [0, 0.05) is 19.6 Å². The molecule has 2 unspecified atom stereocenters. The van der Waals surface area contributed by atoms with Gasteiger partial charge in [0.15, 0.2) is 0 Å².